The molecule has 0 unspecified atom stereocenters. The number of benzene rings is 1. The molecular weight excluding hydrogens is 332 g/mol. The Morgan fingerprint density at radius 2 is 1.92 bits per heavy atom. The van der Waals surface area contributed by atoms with Gasteiger partial charge in [-0.3, -0.25) is 4.79 Å². The maximum Gasteiger partial charge on any atom is 0.340 e. The van der Waals surface area contributed by atoms with Crippen molar-refractivity contribution in [3.8, 4) is 0 Å². The zero-order valence-electron chi connectivity index (χ0n) is 15.3. The van der Waals surface area contributed by atoms with E-state index in [0.717, 1.165) is 13.0 Å². The quantitative estimate of drug-likeness (QED) is 0.705. The van der Waals surface area contributed by atoms with Crippen LogP contribution in [0.15, 0.2) is 36.7 Å². The predicted molar refractivity (Wildman–Crippen MR) is 100 cm³/mol. The van der Waals surface area contributed by atoms with Gasteiger partial charge in [0.05, 0.1) is 30.3 Å². The number of hydrogen-bond donors (Lipinski definition) is 2. The number of carbonyl (C=O) groups is 2. The standard InChI is InChI=1S/C19H24N4O3/c1-4-26-19(25)14-7-5-6-8-15(14)23-18(24)16-11-22-17(12-21-16)20-10-9-13(2)3/h5-8,11-13H,4,9-10H2,1-3H3,(H,20,22)(H,23,24). The van der Waals surface area contributed by atoms with Crippen LogP contribution >= 0.6 is 0 Å². The van der Waals surface area contributed by atoms with Crippen LogP contribution in [0, 0.1) is 5.92 Å². The smallest absolute Gasteiger partial charge is 0.340 e. The van der Waals surface area contributed by atoms with Crippen molar-refractivity contribution >= 4 is 23.4 Å². The van der Waals surface area contributed by atoms with Gasteiger partial charge in [-0.15, -0.1) is 0 Å². The molecule has 0 saturated carbocycles. The number of ether oxygens (including phenoxy) is 1. The first-order valence-corrected chi connectivity index (χ1v) is 8.64. The Morgan fingerprint density at radius 3 is 2.58 bits per heavy atom. The molecule has 0 aliphatic carbocycles. The summed E-state index contributed by atoms with van der Waals surface area (Å²) in [5.74, 6) is 0.288. The van der Waals surface area contributed by atoms with E-state index in [1.54, 1.807) is 31.2 Å². The van der Waals surface area contributed by atoms with Crippen molar-refractivity contribution < 1.29 is 14.3 Å². The molecule has 0 atom stereocenters. The van der Waals surface area contributed by atoms with Crippen molar-refractivity contribution in [2.24, 2.45) is 5.92 Å². The third-order valence-electron chi connectivity index (χ3n) is 3.58. The lowest BCUT2D eigenvalue weighted by atomic mass is 10.1. The molecule has 7 nitrogen and oxygen atoms in total. The van der Waals surface area contributed by atoms with E-state index in [2.05, 4.69) is 34.4 Å². The molecule has 0 spiro atoms. The van der Waals surface area contributed by atoms with Gasteiger partial charge < -0.3 is 15.4 Å². The SMILES string of the molecule is CCOC(=O)c1ccccc1NC(=O)c1cnc(NCCC(C)C)cn1. The summed E-state index contributed by atoms with van der Waals surface area (Å²) in [6, 6.07) is 6.67. The van der Waals surface area contributed by atoms with E-state index in [1.807, 2.05) is 0 Å². The van der Waals surface area contributed by atoms with Gasteiger partial charge in [0.15, 0.2) is 0 Å². The zero-order valence-corrected chi connectivity index (χ0v) is 15.3. The van der Waals surface area contributed by atoms with E-state index in [-0.39, 0.29) is 12.3 Å². The Balaban J connectivity index is 2.03. The minimum Gasteiger partial charge on any atom is -0.462 e. The van der Waals surface area contributed by atoms with Gasteiger partial charge >= 0.3 is 5.97 Å². The van der Waals surface area contributed by atoms with Gasteiger partial charge in [0.25, 0.3) is 5.91 Å². The first-order chi connectivity index (χ1) is 12.5. The number of aromatic nitrogens is 2. The molecule has 0 fully saturated rings. The average Bonchev–Trinajstić information content (AvgIpc) is 2.62. The highest BCUT2D eigenvalue weighted by Gasteiger charge is 2.15. The van der Waals surface area contributed by atoms with E-state index in [0.29, 0.717) is 23.0 Å². The van der Waals surface area contributed by atoms with Crippen molar-refractivity contribution in [3.05, 3.63) is 47.9 Å². The molecule has 0 radical (unpaired) electrons. The molecule has 1 amide bonds. The van der Waals surface area contributed by atoms with Crippen LogP contribution in [0.4, 0.5) is 11.5 Å². The topological polar surface area (TPSA) is 93.2 Å². The van der Waals surface area contributed by atoms with Crippen molar-refractivity contribution in [2.45, 2.75) is 27.2 Å². The van der Waals surface area contributed by atoms with Crippen LogP contribution in [0.2, 0.25) is 0 Å². The molecule has 138 valence electrons. The highest BCUT2D eigenvalue weighted by Crippen LogP contribution is 2.17. The maximum absolute atomic E-state index is 12.4. The van der Waals surface area contributed by atoms with Gasteiger partial charge in [0.1, 0.15) is 11.5 Å². The lowest BCUT2D eigenvalue weighted by molar-refractivity contribution is 0.0527. The summed E-state index contributed by atoms with van der Waals surface area (Å²) in [6.45, 7) is 7.08. The number of nitrogens with zero attached hydrogens (tertiary/aromatic N) is 2. The third kappa shape index (κ3) is 5.54. The molecule has 0 aliphatic heterocycles. The Bertz CT molecular complexity index is 745. The highest BCUT2D eigenvalue weighted by atomic mass is 16.5. The van der Waals surface area contributed by atoms with Crippen LogP contribution in [0.3, 0.4) is 0 Å². The Kier molecular flexibility index (Phi) is 7.08. The predicted octanol–water partition coefficient (Wildman–Crippen LogP) is 3.36. The van der Waals surface area contributed by atoms with E-state index in [9.17, 15) is 9.59 Å². The molecule has 2 N–H and O–H groups in total. The number of esters is 1. The Hall–Kier alpha value is -2.96. The van der Waals surface area contributed by atoms with Gasteiger partial charge in [0.2, 0.25) is 0 Å². The number of hydrogen-bond acceptors (Lipinski definition) is 6. The summed E-state index contributed by atoms with van der Waals surface area (Å²) >= 11 is 0. The van der Waals surface area contributed by atoms with Gasteiger partial charge in [0, 0.05) is 6.54 Å². The monoisotopic (exact) mass is 356 g/mol. The second-order valence-corrected chi connectivity index (χ2v) is 6.12. The largest absolute Gasteiger partial charge is 0.462 e. The van der Waals surface area contributed by atoms with E-state index < -0.39 is 11.9 Å². The Morgan fingerprint density at radius 1 is 1.15 bits per heavy atom. The van der Waals surface area contributed by atoms with E-state index in [4.69, 9.17) is 4.74 Å². The molecule has 0 aliphatic rings. The molecule has 7 heteroatoms. The number of rotatable bonds is 8. The van der Waals surface area contributed by atoms with Crippen molar-refractivity contribution in [2.75, 3.05) is 23.8 Å². The summed E-state index contributed by atoms with van der Waals surface area (Å²) in [7, 11) is 0. The van der Waals surface area contributed by atoms with Gasteiger partial charge in [-0.1, -0.05) is 26.0 Å². The zero-order chi connectivity index (χ0) is 18.9. The summed E-state index contributed by atoms with van der Waals surface area (Å²) < 4.78 is 5.00. The first-order valence-electron chi connectivity index (χ1n) is 8.64. The van der Waals surface area contributed by atoms with Gasteiger partial charge in [-0.25, -0.2) is 14.8 Å². The van der Waals surface area contributed by atoms with Crippen LogP contribution < -0.4 is 10.6 Å². The second kappa shape index (κ2) is 9.50. The number of carbonyl (C=O) groups excluding carboxylic acids is 2. The summed E-state index contributed by atoms with van der Waals surface area (Å²) in [5.41, 5.74) is 0.831. The van der Waals surface area contributed by atoms with Crippen LogP contribution in [0.25, 0.3) is 0 Å². The molecule has 0 bridgehead atoms. The minimum atomic E-state index is -0.487. The summed E-state index contributed by atoms with van der Waals surface area (Å²) in [5, 5.41) is 5.84. The van der Waals surface area contributed by atoms with E-state index in [1.165, 1.54) is 12.4 Å². The highest BCUT2D eigenvalue weighted by molar-refractivity contribution is 6.06. The lowest BCUT2D eigenvalue weighted by Gasteiger charge is -2.10. The summed E-state index contributed by atoms with van der Waals surface area (Å²) in [6.07, 6.45) is 3.95. The minimum absolute atomic E-state index is 0.165. The van der Waals surface area contributed by atoms with Crippen molar-refractivity contribution in [1.29, 1.82) is 0 Å². The van der Waals surface area contributed by atoms with Crippen LogP contribution in [0.5, 0.6) is 0 Å². The fourth-order valence-corrected chi connectivity index (χ4v) is 2.19. The molecule has 2 rings (SSSR count). The molecular formula is C19H24N4O3. The van der Waals surface area contributed by atoms with Crippen LogP contribution in [-0.2, 0) is 4.74 Å². The Labute approximate surface area is 153 Å². The van der Waals surface area contributed by atoms with Crippen LogP contribution in [-0.4, -0.2) is 35.0 Å². The summed E-state index contributed by atoms with van der Waals surface area (Å²) in [4.78, 5) is 32.7. The van der Waals surface area contributed by atoms with Crippen molar-refractivity contribution in [1.82, 2.24) is 9.97 Å². The molecule has 0 saturated heterocycles. The number of anilines is 2. The second-order valence-electron chi connectivity index (χ2n) is 6.12. The molecule has 1 aromatic carbocycles. The first kappa shape index (κ1) is 19.4. The number of para-hydroxylation sites is 1. The van der Waals surface area contributed by atoms with Crippen LogP contribution in [0.1, 0.15) is 48.0 Å². The number of nitrogens with one attached hydrogen (secondary N) is 2. The van der Waals surface area contributed by atoms with E-state index >= 15 is 0 Å². The normalized spacial score (nSPS) is 10.5. The lowest BCUT2D eigenvalue weighted by Crippen LogP contribution is -2.17. The van der Waals surface area contributed by atoms with Gasteiger partial charge in [-0.2, -0.15) is 0 Å². The van der Waals surface area contributed by atoms with Gasteiger partial charge in [-0.05, 0) is 31.4 Å². The molecule has 26 heavy (non-hydrogen) atoms. The fraction of sp³-hybridized carbons (Fsp3) is 0.368. The molecule has 2 aromatic rings. The molecule has 1 heterocycles. The fourth-order valence-electron chi connectivity index (χ4n) is 2.19. The van der Waals surface area contributed by atoms with Crippen molar-refractivity contribution in [3.63, 3.8) is 0 Å². The molecule has 1 aromatic heterocycles. The number of amides is 1. The third-order valence-corrected chi connectivity index (χ3v) is 3.58. The average molecular weight is 356 g/mol. The maximum atomic E-state index is 12.4.